The minimum absolute atomic E-state index is 0.202. The van der Waals surface area contributed by atoms with Crippen LogP contribution in [0.5, 0.6) is 5.75 Å². The van der Waals surface area contributed by atoms with Gasteiger partial charge in [-0.1, -0.05) is 12.2 Å². The van der Waals surface area contributed by atoms with Gasteiger partial charge in [-0.25, -0.2) is 0 Å². The molecule has 94 valence electrons. The van der Waals surface area contributed by atoms with Crippen LogP contribution in [0.1, 0.15) is 24.5 Å². The zero-order chi connectivity index (χ0) is 13.4. The van der Waals surface area contributed by atoms with E-state index < -0.39 is 0 Å². The van der Waals surface area contributed by atoms with E-state index in [9.17, 15) is 4.79 Å². The zero-order valence-corrected chi connectivity index (χ0v) is 10.5. The zero-order valence-electron chi connectivity index (χ0n) is 10.5. The first kappa shape index (κ1) is 13.8. The predicted octanol–water partition coefficient (Wildman–Crippen LogP) is 2.53. The summed E-state index contributed by atoms with van der Waals surface area (Å²) < 4.78 is 9.98. The second kappa shape index (κ2) is 7.13. The summed E-state index contributed by atoms with van der Waals surface area (Å²) in [5.74, 6) is 0.387. The largest absolute Gasteiger partial charge is 0.496 e. The maximum atomic E-state index is 11.2. The summed E-state index contributed by atoms with van der Waals surface area (Å²) in [5, 5.41) is 8.82. The fourth-order valence-corrected chi connectivity index (χ4v) is 1.44. The minimum Gasteiger partial charge on any atom is -0.496 e. The Labute approximate surface area is 106 Å². The van der Waals surface area contributed by atoms with Crippen LogP contribution in [-0.2, 0) is 9.53 Å². The van der Waals surface area contributed by atoms with Gasteiger partial charge >= 0.3 is 5.97 Å². The van der Waals surface area contributed by atoms with Gasteiger partial charge in [-0.15, -0.1) is 0 Å². The third-order valence-corrected chi connectivity index (χ3v) is 2.25. The van der Waals surface area contributed by atoms with Crippen LogP contribution in [0, 0.1) is 11.3 Å². The van der Waals surface area contributed by atoms with E-state index in [2.05, 4.69) is 6.07 Å². The maximum Gasteiger partial charge on any atom is 0.309 e. The maximum absolute atomic E-state index is 11.2. The van der Waals surface area contributed by atoms with Crippen molar-refractivity contribution < 1.29 is 14.3 Å². The lowest BCUT2D eigenvalue weighted by Crippen LogP contribution is -2.01. The van der Waals surface area contributed by atoms with E-state index in [1.165, 1.54) is 0 Å². The van der Waals surface area contributed by atoms with E-state index >= 15 is 0 Å². The van der Waals surface area contributed by atoms with Crippen LogP contribution in [0.15, 0.2) is 24.3 Å². The van der Waals surface area contributed by atoms with Crippen LogP contribution >= 0.6 is 0 Å². The topological polar surface area (TPSA) is 59.3 Å². The van der Waals surface area contributed by atoms with E-state index in [1.54, 1.807) is 44.4 Å². The number of nitriles is 1. The molecule has 0 heterocycles. The lowest BCUT2D eigenvalue weighted by molar-refractivity contribution is -0.142. The van der Waals surface area contributed by atoms with Crippen LogP contribution in [0.2, 0.25) is 0 Å². The van der Waals surface area contributed by atoms with Crippen molar-refractivity contribution in [3.05, 3.63) is 35.4 Å². The summed E-state index contributed by atoms with van der Waals surface area (Å²) in [6.07, 6.45) is 3.64. The third-order valence-electron chi connectivity index (χ3n) is 2.25. The Hall–Kier alpha value is -2.28. The van der Waals surface area contributed by atoms with Gasteiger partial charge in [-0.2, -0.15) is 5.26 Å². The SMILES string of the molecule is CCOC(=O)CC=Cc1cc(C#N)ccc1OC. The molecule has 0 radical (unpaired) electrons. The lowest BCUT2D eigenvalue weighted by Gasteiger charge is -2.04. The summed E-state index contributed by atoms with van der Waals surface area (Å²) in [4.78, 5) is 11.2. The van der Waals surface area contributed by atoms with Gasteiger partial charge in [0.1, 0.15) is 5.75 Å². The van der Waals surface area contributed by atoms with Crippen LogP contribution in [0.25, 0.3) is 6.08 Å². The fraction of sp³-hybridized carbons (Fsp3) is 0.286. The fourth-order valence-electron chi connectivity index (χ4n) is 1.44. The van der Waals surface area contributed by atoms with Crippen molar-refractivity contribution in [1.29, 1.82) is 5.26 Å². The number of esters is 1. The van der Waals surface area contributed by atoms with Gasteiger partial charge in [0.15, 0.2) is 0 Å². The minimum atomic E-state index is -0.274. The van der Waals surface area contributed by atoms with Crippen LogP contribution in [0.4, 0.5) is 0 Å². The van der Waals surface area contributed by atoms with E-state index in [4.69, 9.17) is 14.7 Å². The van der Waals surface area contributed by atoms with Crippen LogP contribution in [-0.4, -0.2) is 19.7 Å². The molecular formula is C14H15NO3. The molecule has 0 spiro atoms. The van der Waals surface area contributed by atoms with Gasteiger partial charge in [-0.3, -0.25) is 4.79 Å². The van der Waals surface area contributed by atoms with Gasteiger partial charge in [-0.05, 0) is 25.1 Å². The highest BCUT2D eigenvalue weighted by Gasteiger charge is 2.02. The highest BCUT2D eigenvalue weighted by atomic mass is 16.5. The molecule has 1 aromatic carbocycles. The molecule has 0 aromatic heterocycles. The van der Waals surface area contributed by atoms with Crippen molar-refractivity contribution in [2.24, 2.45) is 0 Å². The van der Waals surface area contributed by atoms with Gasteiger partial charge in [0.25, 0.3) is 0 Å². The Morgan fingerprint density at radius 1 is 1.50 bits per heavy atom. The molecule has 0 aliphatic heterocycles. The number of rotatable bonds is 5. The number of ether oxygens (including phenoxy) is 2. The number of carbonyl (C=O) groups is 1. The predicted molar refractivity (Wildman–Crippen MR) is 68.0 cm³/mol. The molecule has 0 saturated heterocycles. The van der Waals surface area contributed by atoms with Crippen molar-refractivity contribution in [3.8, 4) is 11.8 Å². The Morgan fingerprint density at radius 3 is 2.89 bits per heavy atom. The molecule has 0 fully saturated rings. The van der Waals surface area contributed by atoms with Crippen molar-refractivity contribution in [2.75, 3.05) is 13.7 Å². The quantitative estimate of drug-likeness (QED) is 0.748. The molecule has 0 bridgehead atoms. The third kappa shape index (κ3) is 3.95. The van der Waals surface area contributed by atoms with Crippen LogP contribution < -0.4 is 4.74 Å². The second-order valence-corrected chi connectivity index (χ2v) is 3.48. The highest BCUT2D eigenvalue weighted by Crippen LogP contribution is 2.21. The lowest BCUT2D eigenvalue weighted by atomic mass is 10.1. The number of benzene rings is 1. The number of methoxy groups -OCH3 is 1. The normalized spacial score (nSPS) is 10.1. The van der Waals surface area contributed by atoms with Crippen molar-refractivity contribution in [1.82, 2.24) is 0 Å². The number of hydrogen-bond acceptors (Lipinski definition) is 4. The number of nitrogens with zero attached hydrogens (tertiary/aromatic N) is 1. The molecule has 0 unspecified atom stereocenters. The molecular weight excluding hydrogens is 230 g/mol. The molecule has 0 saturated carbocycles. The molecule has 4 nitrogen and oxygen atoms in total. The summed E-state index contributed by atoms with van der Waals surface area (Å²) >= 11 is 0. The molecule has 1 rings (SSSR count). The molecule has 4 heteroatoms. The molecule has 0 amide bonds. The van der Waals surface area contributed by atoms with Gasteiger partial charge in [0, 0.05) is 5.56 Å². The summed E-state index contributed by atoms with van der Waals surface area (Å²) in [7, 11) is 1.56. The van der Waals surface area contributed by atoms with Crippen molar-refractivity contribution >= 4 is 12.0 Å². The standard InChI is InChI=1S/C14H15NO3/c1-3-18-14(16)6-4-5-12-9-11(10-15)7-8-13(12)17-2/h4-5,7-9H,3,6H2,1-2H3. The van der Waals surface area contributed by atoms with Gasteiger partial charge in [0.05, 0.1) is 31.8 Å². The summed E-state index contributed by atoms with van der Waals surface area (Å²) in [6.45, 7) is 2.14. The first-order chi connectivity index (χ1) is 8.71. The van der Waals surface area contributed by atoms with Gasteiger partial charge in [0.2, 0.25) is 0 Å². The van der Waals surface area contributed by atoms with E-state index in [0.29, 0.717) is 17.9 Å². The van der Waals surface area contributed by atoms with E-state index in [0.717, 1.165) is 5.56 Å². The Morgan fingerprint density at radius 2 is 2.28 bits per heavy atom. The monoisotopic (exact) mass is 245 g/mol. The molecule has 0 aliphatic carbocycles. The molecule has 18 heavy (non-hydrogen) atoms. The molecule has 1 aromatic rings. The first-order valence-corrected chi connectivity index (χ1v) is 5.61. The molecule has 0 aliphatic rings. The Kier molecular flexibility index (Phi) is 5.46. The van der Waals surface area contributed by atoms with Crippen molar-refractivity contribution in [3.63, 3.8) is 0 Å². The molecule has 0 atom stereocenters. The van der Waals surface area contributed by atoms with E-state index in [1.807, 2.05) is 0 Å². The average molecular weight is 245 g/mol. The van der Waals surface area contributed by atoms with Gasteiger partial charge < -0.3 is 9.47 Å². The number of hydrogen-bond donors (Lipinski definition) is 0. The Bertz CT molecular complexity index is 486. The van der Waals surface area contributed by atoms with E-state index in [-0.39, 0.29) is 12.4 Å². The molecule has 0 N–H and O–H groups in total. The van der Waals surface area contributed by atoms with Crippen LogP contribution in [0.3, 0.4) is 0 Å². The first-order valence-electron chi connectivity index (χ1n) is 5.61. The average Bonchev–Trinajstić information content (AvgIpc) is 2.39. The smallest absolute Gasteiger partial charge is 0.309 e. The number of carbonyl (C=O) groups excluding carboxylic acids is 1. The Balaban J connectivity index is 2.79. The highest BCUT2D eigenvalue weighted by molar-refractivity contribution is 5.73. The van der Waals surface area contributed by atoms with Crippen molar-refractivity contribution in [2.45, 2.75) is 13.3 Å². The second-order valence-electron chi connectivity index (χ2n) is 3.48. The summed E-state index contributed by atoms with van der Waals surface area (Å²) in [6, 6.07) is 7.17. The summed E-state index contributed by atoms with van der Waals surface area (Å²) in [5.41, 5.74) is 1.31.